The first-order valence-electron chi connectivity index (χ1n) is 6.29. The summed E-state index contributed by atoms with van der Waals surface area (Å²) >= 11 is 0. The fourth-order valence-electron chi connectivity index (χ4n) is 2.18. The molecule has 0 aliphatic carbocycles. The van der Waals surface area contributed by atoms with Crippen LogP contribution in [0.5, 0.6) is 5.75 Å². The summed E-state index contributed by atoms with van der Waals surface area (Å²) in [4.78, 5) is 8.01. The Morgan fingerprint density at radius 3 is 2.63 bits per heavy atom. The summed E-state index contributed by atoms with van der Waals surface area (Å²) in [7, 11) is 1.67. The van der Waals surface area contributed by atoms with Crippen LogP contribution < -0.4 is 4.74 Å². The lowest BCUT2D eigenvalue weighted by molar-refractivity contribution is 0.415. The van der Waals surface area contributed by atoms with Gasteiger partial charge in [-0.15, -0.1) is 0 Å². The number of methoxy groups -OCH3 is 1. The smallest absolute Gasteiger partial charge is 0.138 e. The molecule has 0 aliphatic heterocycles. The highest BCUT2D eigenvalue weighted by Crippen LogP contribution is 2.25. The molecular weight excluding hydrogens is 236 g/mol. The van der Waals surface area contributed by atoms with Crippen molar-refractivity contribution in [2.75, 3.05) is 7.11 Å². The standard InChI is InChI=1S/C16H16N2O/c1-10-7-14-15(8-11(10)2)18-16(17-14)12-5-4-6-13(9-12)19-3/h4-9H,1-3H3,(H,17,18). The van der Waals surface area contributed by atoms with E-state index in [1.807, 2.05) is 24.3 Å². The molecule has 3 heteroatoms. The number of rotatable bonds is 2. The summed E-state index contributed by atoms with van der Waals surface area (Å²) < 4.78 is 5.25. The number of hydrogen-bond donors (Lipinski definition) is 1. The molecule has 1 heterocycles. The van der Waals surface area contributed by atoms with E-state index in [9.17, 15) is 0 Å². The molecule has 0 fully saturated rings. The molecule has 2 aromatic carbocycles. The molecule has 3 nitrogen and oxygen atoms in total. The summed E-state index contributed by atoms with van der Waals surface area (Å²) in [6, 6.07) is 12.2. The van der Waals surface area contributed by atoms with Gasteiger partial charge in [0.2, 0.25) is 0 Å². The van der Waals surface area contributed by atoms with Gasteiger partial charge < -0.3 is 9.72 Å². The van der Waals surface area contributed by atoms with Crippen LogP contribution in [-0.2, 0) is 0 Å². The molecule has 0 unspecified atom stereocenters. The summed E-state index contributed by atoms with van der Waals surface area (Å²) in [5.41, 5.74) is 5.64. The second kappa shape index (κ2) is 4.43. The van der Waals surface area contributed by atoms with Crippen LogP contribution in [0.3, 0.4) is 0 Å². The molecular formula is C16H16N2O. The first-order chi connectivity index (χ1) is 9.17. The SMILES string of the molecule is COc1cccc(-c2nc3cc(C)c(C)cc3[nH]2)c1. The zero-order valence-corrected chi connectivity index (χ0v) is 11.3. The topological polar surface area (TPSA) is 37.9 Å². The van der Waals surface area contributed by atoms with Gasteiger partial charge in [-0.3, -0.25) is 0 Å². The van der Waals surface area contributed by atoms with E-state index in [1.54, 1.807) is 7.11 Å². The van der Waals surface area contributed by atoms with Crippen molar-refractivity contribution < 1.29 is 4.74 Å². The summed E-state index contributed by atoms with van der Waals surface area (Å²) in [5.74, 6) is 1.71. The van der Waals surface area contributed by atoms with Crippen molar-refractivity contribution >= 4 is 11.0 Å². The maximum absolute atomic E-state index is 5.25. The molecule has 96 valence electrons. The van der Waals surface area contributed by atoms with Gasteiger partial charge in [0.1, 0.15) is 11.6 Å². The van der Waals surface area contributed by atoms with Crippen LogP contribution in [0.4, 0.5) is 0 Å². The van der Waals surface area contributed by atoms with Crippen LogP contribution in [-0.4, -0.2) is 17.1 Å². The Morgan fingerprint density at radius 1 is 1.05 bits per heavy atom. The fourth-order valence-corrected chi connectivity index (χ4v) is 2.18. The Hall–Kier alpha value is -2.29. The fraction of sp³-hybridized carbons (Fsp3) is 0.188. The largest absolute Gasteiger partial charge is 0.497 e. The Morgan fingerprint density at radius 2 is 1.84 bits per heavy atom. The van der Waals surface area contributed by atoms with Gasteiger partial charge in [-0.25, -0.2) is 4.98 Å². The average molecular weight is 252 g/mol. The third-order valence-corrected chi connectivity index (χ3v) is 3.44. The quantitative estimate of drug-likeness (QED) is 0.752. The second-order valence-electron chi connectivity index (χ2n) is 4.77. The number of aromatic amines is 1. The Labute approximate surface area is 112 Å². The molecule has 0 spiro atoms. The highest BCUT2D eigenvalue weighted by molar-refractivity contribution is 5.81. The molecule has 0 amide bonds. The van der Waals surface area contributed by atoms with Gasteiger partial charge >= 0.3 is 0 Å². The highest BCUT2D eigenvalue weighted by atomic mass is 16.5. The van der Waals surface area contributed by atoms with E-state index < -0.39 is 0 Å². The maximum atomic E-state index is 5.25. The van der Waals surface area contributed by atoms with Crippen molar-refractivity contribution in [3.63, 3.8) is 0 Å². The molecule has 0 aliphatic rings. The van der Waals surface area contributed by atoms with E-state index >= 15 is 0 Å². The van der Waals surface area contributed by atoms with E-state index in [0.29, 0.717) is 0 Å². The Balaban J connectivity index is 2.14. The minimum atomic E-state index is 0.838. The number of nitrogens with one attached hydrogen (secondary N) is 1. The van der Waals surface area contributed by atoms with Crippen molar-refractivity contribution in [1.29, 1.82) is 0 Å². The van der Waals surface area contributed by atoms with E-state index in [1.165, 1.54) is 11.1 Å². The lowest BCUT2D eigenvalue weighted by Crippen LogP contribution is -1.84. The van der Waals surface area contributed by atoms with E-state index in [4.69, 9.17) is 4.74 Å². The first-order valence-corrected chi connectivity index (χ1v) is 6.29. The van der Waals surface area contributed by atoms with E-state index in [0.717, 1.165) is 28.2 Å². The monoisotopic (exact) mass is 252 g/mol. The molecule has 1 aromatic heterocycles. The van der Waals surface area contributed by atoms with Crippen LogP contribution in [0, 0.1) is 13.8 Å². The normalized spacial score (nSPS) is 10.9. The molecule has 3 aromatic rings. The van der Waals surface area contributed by atoms with Gasteiger partial charge in [0.25, 0.3) is 0 Å². The molecule has 1 N–H and O–H groups in total. The lowest BCUT2D eigenvalue weighted by Gasteiger charge is -2.01. The maximum Gasteiger partial charge on any atom is 0.138 e. The van der Waals surface area contributed by atoms with Crippen molar-refractivity contribution in [1.82, 2.24) is 9.97 Å². The highest BCUT2D eigenvalue weighted by Gasteiger charge is 2.07. The number of imidazole rings is 1. The third kappa shape index (κ3) is 2.08. The van der Waals surface area contributed by atoms with Gasteiger partial charge in [-0.05, 0) is 49.2 Å². The average Bonchev–Trinajstić information content (AvgIpc) is 2.82. The zero-order chi connectivity index (χ0) is 13.4. The number of hydrogen-bond acceptors (Lipinski definition) is 2. The third-order valence-electron chi connectivity index (χ3n) is 3.44. The summed E-state index contributed by atoms with van der Waals surface area (Å²) in [5, 5.41) is 0. The van der Waals surface area contributed by atoms with Gasteiger partial charge in [-0.2, -0.15) is 0 Å². The molecule has 0 saturated heterocycles. The van der Waals surface area contributed by atoms with Crippen LogP contribution in [0.1, 0.15) is 11.1 Å². The number of benzene rings is 2. The van der Waals surface area contributed by atoms with Crippen LogP contribution in [0.15, 0.2) is 36.4 Å². The van der Waals surface area contributed by atoms with Crippen molar-refractivity contribution in [2.24, 2.45) is 0 Å². The van der Waals surface area contributed by atoms with Crippen molar-refractivity contribution in [3.8, 4) is 17.1 Å². The molecule has 3 rings (SSSR count). The van der Waals surface area contributed by atoms with Crippen LogP contribution >= 0.6 is 0 Å². The van der Waals surface area contributed by atoms with Crippen molar-refractivity contribution in [2.45, 2.75) is 13.8 Å². The number of ether oxygens (including phenoxy) is 1. The van der Waals surface area contributed by atoms with Gasteiger partial charge in [0.15, 0.2) is 0 Å². The summed E-state index contributed by atoms with van der Waals surface area (Å²) in [6.45, 7) is 4.22. The number of nitrogens with zero attached hydrogens (tertiary/aromatic N) is 1. The molecule has 0 radical (unpaired) electrons. The zero-order valence-electron chi connectivity index (χ0n) is 11.3. The minimum Gasteiger partial charge on any atom is -0.497 e. The molecule has 0 atom stereocenters. The predicted molar refractivity (Wildman–Crippen MR) is 77.6 cm³/mol. The number of H-pyrrole nitrogens is 1. The minimum absolute atomic E-state index is 0.838. The van der Waals surface area contributed by atoms with E-state index in [-0.39, 0.29) is 0 Å². The Bertz CT molecular complexity index is 705. The molecule has 19 heavy (non-hydrogen) atoms. The van der Waals surface area contributed by atoms with Gasteiger partial charge in [0, 0.05) is 5.56 Å². The summed E-state index contributed by atoms with van der Waals surface area (Å²) in [6.07, 6.45) is 0. The van der Waals surface area contributed by atoms with Gasteiger partial charge in [-0.1, -0.05) is 12.1 Å². The van der Waals surface area contributed by atoms with Crippen LogP contribution in [0.2, 0.25) is 0 Å². The number of aromatic nitrogens is 2. The molecule has 0 saturated carbocycles. The Kier molecular flexibility index (Phi) is 2.75. The number of fused-ring (bicyclic) bond motifs is 1. The van der Waals surface area contributed by atoms with E-state index in [2.05, 4.69) is 35.9 Å². The predicted octanol–water partition coefficient (Wildman–Crippen LogP) is 3.86. The second-order valence-corrected chi connectivity index (χ2v) is 4.77. The number of aryl methyl sites for hydroxylation is 2. The van der Waals surface area contributed by atoms with Gasteiger partial charge in [0.05, 0.1) is 18.1 Å². The first kappa shape index (κ1) is 11.8. The molecule has 0 bridgehead atoms. The van der Waals surface area contributed by atoms with Crippen molar-refractivity contribution in [3.05, 3.63) is 47.5 Å². The lowest BCUT2D eigenvalue weighted by atomic mass is 10.1. The van der Waals surface area contributed by atoms with Crippen LogP contribution in [0.25, 0.3) is 22.4 Å².